The molecule has 1 aliphatic heterocycles. The molecular formula is C27H33F3N4O3. The first-order chi connectivity index (χ1) is 17.4. The fraction of sp³-hybridized carbons (Fsp3) is 0.519. The van der Waals surface area contributed by atoms with Crippen molar-refractivity contribution in [3.05, 3.63) is 53.3 Å². The molecule has 3 aromatic rings. The van der Waals surface area contributed by atoms with Gasteiger partial charge in [-0.15, -0.1) is 0 Å². The number of alkyl halides is 2. The quantitative estimate of drug-likeness (QED) is 0.400. The molecule has 2 aromatic heterocycles. The molecule has 1 aromatic carbocycles. The van der Waals surface area contributed by atoms with Crippen molar-refractivity contribution in [2.75, 3.05) is 26.7 Å². The molecule has 1 saturated heterocycles. The Labute approximate surface area is 214 Å². The number of fused-ring (bicyclic) bond motifs is 1. The van der Waals surface area contributed by atoms with Gasteiger partial charge in [0.25, 0.3) is 11.8 Å². The lowest BCUT2D eigenvalue weighted by Gasteiger charge is -2.33. The smallest absolute Gasteiger partial charge is 0.289 e. The number of hydrogen-bond acceptors (Lipinski definition) is 4. The van der Waals surface area contributed by atoms with E-state index in [1.54, 1.807) is 34.1 Å². The standard InChI is InChI=1S/C27H33F3N4O3/c1-17(2)19-13-20(18-7-5-10-33(15-18)23(35)8-12-34-11-6-9-31-34)24(28)25-21(19)14-22(37-25)26(36)32(4)16-27(3,29)30/h6,9,11,13-14,17-18H,5,7-8,10,12,15-16H2,1-4H3/t18-/m0/s1. The average molecular weight is 519 g/mol. The number of benzene rings is 1. The highest BCUT2D eigenvalue weighted by molar-refractivity contribution is 5.97. The lowest BCUT2D eigenvalue weighted by atomic mass is 9.86. The van der Waals surface area contributed by atoms with Crippen LogP contribution in [0.3, 0.4) is 0 Å². The summed E-state index contributed by atoms with van der Waals surface area (Å²) >= 11 is 0. The van der Waals surface area contributed by atoms with Gasteiger partial charge in [0, 0.05) is 63.7 Å². The summed E-state index contributed by atoms with van der Waals surface area (Å²) in [7, 11) is 1.26. The number of carbonyl (C=O) groups excluding carboxylic acids is 2. The van der Waals surface area contributed by atoms with Crippen molar-refractivity contribution >= 4 is 22.8 Å². The van der Waals surface area contributed by atoms with Gasteiger partial charge in [-0.1, -0.05) is 19.9 Å². The van der Waals surface area contributed by atoms with E-state index in [1.165, 1.54) is 13.1 Å². The molecule has 0 unspecified atom stereocenters. The second-order valence-electron chi connectivity index (χ2n) is 10.3. The van der Waals surface area contributed by atoms with E-state index in [0.717, 1.165) is 23.8 Å². The molecule has 10 heteroatoms. The molecule has 7 nitrogen and oxygen atoms in total. The topological polar surface area (TPSA) is 71.6 Å². The Morgan fingerprint density at radius 2 is 2.05 bits per heavy atom. The highest BCUT2D eigenvalue weighted by Gasteiger charge is 2.31. The number of amides is 2. The van der Waals surface area contributed by atoms with Gasteiger partial charge >= 0.3 is 0 Å². The van der Waals surface area contributed by atoms with E-state index in [4.69, 9.17) is 4.42 Å². The summed E-state index contributed by atoms with van der Waals surface area (Å²) in [6, 6.07) is 5.05. The third kappa shape index (κ3) is 5.99. The summed E-state index contributed by atoms with van der Waals surface area (Å²) in [6.45, 7) is 5.35. The molecule has 0 bridgehead atoms. The van der Waals surface area contributed by atoms with E-state index in [0.29, 0.717) is 43.4 Å². The molecule has 1 atom stereocenters. The van der Waals surface area contributed by atoms with E-state index in [1.807, 2.05) is 13.8 Å². The second kappa shape index (κ2) is 10.6. The summed E-state index contributed by atoms with van der Waals surface area (Å²) in [5.74, 6) is -4.80. The SMILES string of the molecule is CC(C)c1cc([C@H]2CCCN(C(=O)CCn3cccn3)C2)c(F)c2oc(C(=O)N(C)CC(C)(F)F)cc12. The van der Waals surface area contributed by atoms with Crippen molar-refractivity contribution in [2.24, 2.45) is 0 Å². The Morgan fingerprint density at radius 1 is 1.30 bits per heavy atom. The first kappa shape index (κ1) is 26.8. The molecule has 200 valence electrons. The predicted molar refractivity (Wildman–Crippen MR) is 133 cm³/mol. The van der Waals surface area contributed by atoms with Crippen LogP contribution in [0.25, 0.3) is 11.0 Å². The first-order valence-corrected chi connectivity index (χ1v) is 12.6. The van der Waals surface area contributed by atoms with Crippen LogP contribution in [0.2, 0.25) is 0 Å². The van der Waals surface area contributed by atoms with Gasteiger partial charge in [0.1, 0.15) is 0 Å². The maximum Gasteiger partial charge on any atom is 0.289 e. The molecule has 37 heavy (non-hydrogen) atoms. The molecule has 1 aliphatic rings. The van der Waals surface area contributed by atoms with Crippen molar-refractivity contribution in [2.45, 2.75) is 64.3 Å². The number of nitrogens with zero attached hydrogens (tertiary/aromatic N) is 4. The second-order valence-corrected chi connectivity index (χ2v) is 10.3. The normalized spacial score (nSPS) is 16.5. The van der Waals surface area contributed by atoms with Crippen LogP contribution in [0.15, 0.2) is 35.0 Å². The Hall–Kier alpha value is -3.30. The zero-order valence-electron chi connectivity index (χ0n) is 21.6. The largest absolute Gasteiger partial charge is 0.448 e. The fourth-order valence-corrected chi connectivity index (χ4v) is 5.02. The first-order valence-electron chi connectivity index (χ1n) is 12.6. The van der Waals surface area contributed by atoms with Gasteiger partial charge < -0.3 is 14.2 Å². The van der Waals surface area contributed by atoms with Crippen LogP contribution >= 0.6 is 0 Å². The molecule has 0 radical (unpaired) electrons. The van der Waals surface area contributed by atoms with Crippen molar-refractivity contribution in [1.29, 1.82) is 0 Å². The third-order valence-electron chi connectivity index (χ3n) is 6.83. The number of aromatic nitrogens is 2. The monoisotopic (exact) mass is 518 g/mol. The molecule has 1 fully saturated rings. The Balaban J connectivity index is 1.60. The van der Waals surface area contributed by atoms with Gasteiger partial charge in [-0.3, -0.25) is 14.3 Å². The fourth-order valence-electron chi connectivity index (χ4n) is 5.02. The van der Waals surface area contributed by atoms with Crippen LogP contribution in [0.4, 0.5) is 13.2 Å². The van der Waals surface area contributed by atoms with Crippen LogP contribution in [-0.4, -0.2) is 64.0 Å². The van der Waals surface area contributed by atoms with Crippen LogP contribution < -0.4 is 0 Å². The average Bonchev–Trinajstić information content (AvgIpc) is 3.51. The van der Waals surface area contributed by atoms with Gasteiger partial charge in [0.05, 0.1) is 6.54 Å². The summed E-state index contributed by atoms with van der Waals surface area (Å²) in [5, 5.41) is 4.58. The summed E-state index contributed by atoms with van der Waals surface area (Å²) in [6.07, 6.45) is 5.23. The number of rotatable bonds is 8. The molecular weight excluding hydrogens is 485 g/mol. The van der Waals surface area contributed by atoms with E-state index in [-0.39, 0.29) is 29.1 Å². The van der Waals surface area contributed by atoms with Gasteiger partial charge in [-0.25, -0.2) is 13.2 Å². The van der Waals surface area contributed by atoms with Crippen molar-refractivity contribution in [1.82, 2.24) is 19.6 Å². The highest BCUT2D eigenvalue weighted by atomic mass is 19.3. The van der Waals surface area contributed by atoms with E-state index in [9.17, 15) is 18.4 Å². The third-order valence-corrected chi connectivity index (χ3v) is 6.83. The Bertz CT molecular complexity index is 1260. The number of hydrogen-bond donors (Lipinski definition) is 0. The zero-order valence-corrected chi connectivity index (χ0v) is 21.6. The van der Waals surface area contributed by atoms with Crippen LogP contribution in [-0.2, 0) is 11.3 Å². The van der Waals surface area contributed by atoms with Crippen LogP contribution in [0.5, 0.6) is 0 Å². The summed E-state index contributed by atoms with van der Waals surface area (Å²) in [5.41, 5.74) is 1.20. The maximum atomic E-state index is 15.9. The van der Waals surface area contributed by atoms with Crippen molar-refractivity contribution < 1.29 is 27.2 Å². The molecule has 3 heterocycles. The van der Waals surface area contributed by atoms with Crippen LogP contribution in [0, 0.1) is 5.82 Å². The van der Waals surface area contributed by atoms with E-state index < -0.39 is 24.2 Å². The minimum Gasteiger partial charge on any atom is -0.448 e. The molecule has 0 N–H and O–H groups in total. The van der Waals surface area contributed by atoms with Gasteiger partial charge in [-0.05, 0) is 42.0 Å². The molecule has 0 aliphatic carbocycles. The maximum absolute atomic E-state index is 15.9. The van der Waals surface area contributed by atoms with Crippen molar-refractivity contribution in [3.63, 3.8) is 0 Å². The molecule has 4 rings (SSSR count). The molecule has 0 saturated carbocycles. The Kier molecular flexibility index (Phi) is 7.66. The van der Waals surface area contributed by atoms with Gasteiger partial charge in [0.15, 0.2) is 17.2 Å². The number of halogens is 3. The number of aryl methyl sites for hydroxylation is 1. The van der Waals surface area contributed by atoms with Gasteiger partial charge in [-0.2, -0.15) is 5.10 Å². The number of piperidine rings is 1. The summed E-state index contributed by atoms with van der Waals surface area (Å²) in [4.78, 5) is 28.3. The van der Waals surface area contributed by atoms with Crippen molar-refractivity contribution in [3.8, 4) is 0 Å². The highest BCUT2D eigenvalue weighted by Crippen LogP contribution is 2.38. The minimum atomic E-state index is -3.07. The lowest BCUT2D eigenvalue weighted by Crippen LogP contribution is -2.39. The lowest BCUT2D eigenvalue weighted by molar-refractivity contribution is -0.132. The molecule has 2 amide bonds. The van der Waals surface area contributed by atoms with Gasteiger partial charge in [0.2, 0.25) is 5.91 Å². The number of carbonyl (C=O) groups is 2. The number of likely N-dealkylation sites (tertiary alicyclic amines) is 1. The van der Waals surface area contributed by atoms with Crippen LogP contribution in [0.1, 0.15) is 73.6 Å². The zero-order chi connectivity index (χ0) is 26.9. The van der Waals surface area contributed by atoms with E-state index >= 15 is 4.39 Å². The molecule has 0 spiro atoms. The summed E-state index contributed by atoms with van der Waals surface area (Å²) < 4.78 is 50.1. The minimum absolute atomic E-state index is 0.00416. The van der Waals surface area contributed by atoms with E-state index in [2.05, 4.69) is 5.10 Å². The Morgan fingerprint density at radius 3 is 2.70 bits per heavy atom. The predicted octanol–water partition coefficient (Wildman–Crippen LogP) is 5.42. The number of furan rings is 1.